The van der Waals surface area contributed by atoms with Crippen molar-refractivity contribution in [1.29, 1.82) is 0 Å². The maximum atomic E-state index is 11.6. The number of unbranched alkanes of at least 4 members (excludes halogenated alkanes) is 1. The summed E-state index contributed by atoms with van der Waals surface area (Å²) in [6.07, 6.45) is 3.27. The van der Waals surface area contributed by atoms with Crippen molar-refractivity contribution in [3.05, 3.63) is 35.9 Å². The quantitative estimate of drug-likeness (QED) is 0.583. The van der Waals surface area contributed by atoms with E-state index in [1.54, 1.807) is 4.90 Å². The van der Waals surface area contributed by atoms with Gasteiger partial charge in [-0.2, -0.15) is 0 Å². The Morgan fingerprint density at radius 2 is 1.94 bits per heavy atom. The second kappa shape index (κ2) is 7.49. The number of alkyl halides is 1. The summed E-state index contributed by atoms with van der Waals surface area (Å²) < 4.78 is 0. The van der Waals surface area contributed by atoms with Crippen LogP contribution in [-0.2, 0) is 11.2 Å². The van der Waals surface area contributed by atoms with Gasteiger partial charge in [0.15, 0.2) is 0 Å². The first-order valence-electron chi connectivity index (χ1n) is 6.04. The van der Waals surface area contributed by atoms with Crippen molar-refractivity contribution in [3.63, 3.8) is 0 Å². The minimum Gasteiger partial charge on any atom is -0.345 e. The summed E-state index contributed by atoms with van der Waals surface area (Å²) in [7, 11) is 1.86. The van der Waals surface area contributed by atoms with Crippen molar-refractivity contribution in [2.75, 3.05) is 13.6 Å². The van der Waals surface area contributed by atoms with Crippen LogP contribution in [0.4, 0.5) is 0 Å². The van der Waals surface area contributed by atoms with Crippen molar-refractivity contribution in [2.24, 2.45) is 0 Å². The molecule has 0 aliphatic rings. The summed E-state index contributed by atoms with van der Waals surface area (Å²) in [5, 5.41) is 0. The molecule has 0 saturated heterocycles. The molecule has 0 radical (unpaired) electrons. The molecule has 0 aromatic heterocycles. The lowest BCUT2D eigenvalue weighted by molar-refractivity contribution is -0.128. The minimum atomic E-state index is -0.0818. The Morgan fingerprint density at radius 3 is 2.53 bits per heavy atom. The highest BCUT2D eigenvalue weighted by Gasteiger charge is 2.13. The smallest absolute Gasteiger partial charge is 0.235 e. The van der Waals surface area contributed by atoms with Crippen LogP contribution in [0.15, 0.2) is 30.3 Å². The average molecular weight is 298 g/mol. The molecule has 1 unspecified atom stereocenters. The average Bonchev–Trinajstić information content (AvgIpc) is 2.34. The van der Waals surface area contributed by atoms with E-state index in [1.807, 2.05) is 20.0 Å². The van der Waals surface area contributed by atoms with E-state index in [-0.39, 0.29) is 10.7 Å². The number of aryl methyl sites for hydroxylation is 1. The number of carbonyl (C=O) groups excluding carboxylic acids is 1. The van der Waals surface area contributed by atoms with Gasteiger partial charge in [-0.3, -0.25) is 4.79 Å². The fraction of sp³-hybridized carbons (Fsp3) is 0.500. The highest BCUT2D eigenvalue weighted by molar-refractivity contribution is 9.10. The molecular weight excluding hydrogens is 278 g/mol. The van der Waals surface area contributed by atoms with Crippen LogP contribution in [0.25, 0.3) is 0 Å². The van der Waals surface area contributed by atoms with E-state index < -0.39 is 0 Å². The number of benzene rings is 1. The van der Waals surface area contributed by atoms with Gasteiger partial charge in [0.1, 0.15) is 0 Å². The third-order valence-electron chi connectivity index (χ3n) is 2.77. The first-order valence-corrected chi connectivity index (χ1v) is 6.96. The molecule has 0 saturated carbocycles. The van der Waals surface area contributed by atoms with Gasteiger partial charge in [0, 0.05) is 13.6 Å². The number of carbonyl (C=O) groups is 1. The predicted molar refractivity (Wildman–Crippen MR) is 75.4 cm³/mol. The van der Waals surface area contributed by atoms with Crippen molar-refractivity contribution < 1.29 is 4.79 Å². The van der Waals surface area contributed by atoms with Crippen LogP contribution in [0.5, 0.6) is 0 Å². The molecule has 94 valence electrons. The Hall–Kier alpha value is -0.830. The van der Waals surface area contributed by atoms with Crippen molar-refractivity contribution in [3.8, 4) is 0 Å². The topological polar surface area (TPSA) is 20.3 Å². The molecule has 0 heterocycles. The summed E-state index contributed by atoms with van der Waals surface area (Å²) in [6.45, 7) is 2.70. The van der Waals surface area contributed by atoms with E-state index in [4.69, 9.17) is 0 Å². The number of halogens is 1. The van der Waals surface area contributed by atoms with E-state index in [2.05, 4.69) is 40.2 Å². The molecule has 0 aliphatic heterocycles. The standard InChI is InChI=1S/C14H20BrNO/c1-12(15)14(17)16(2)11-7-6-10-13-8-4-3-5-9-13/h3-5,8-9,12H,6-7,10-11H2,1-2H3. The molecule has 0 bridgehead atoms. The molecule has 0 aliphatic carbocycles. The summed E-state index contributed by atoms with van der Waals surface area (Å²) in [5.41, 5.74) is 1.37. The van der Waals surface area contributed by atoms with E-state index in [0.717, 1.165) is 25.8 Å². The van der Waals surface area contributed by atoms with Gasteiger partial charge in [-0.1, -0.05) is 46.3 Å². The lowest BCUT2D eigenvalue weighted by Gasteiger charge is -2.18. The molecule has 1 atom stereocenters. The Kier molecular flexibility index (Phi) is 6.27. The summed E-state index contributed by atoms with van der Waals surface area (Å²) >= 11 is 3.29. The number of nitrogens with zero attached hydrogens (tertiary/aromatic N) is 1. The number of hydrogen-bond acceptors (Lipinski definition) is 1. The first-order chi connectivity index (χ1) is 8.11. The second-order valence-corrected chi connectivity index (χ2v) is 5.69. The van der Waals surface area contributed by atoms with Gasteiger partial charge in [0.2, 0.25) is 5.91 Å². The van der Waals surface area contributed by atoms with Crippen LogP contribution in [-0.4, -0.2) is 29.2 Å². The number of amides is 1. The number of hydrogen-bond donors (Lipinski definition) is 0. The van der Waals surface area contributed by atoms with Crippen LogP contribution < -0.4 is 0 Å². The van der Waals surface area contributed by atoms with Gasteiger partial charge >= 0.3 is 0 Å². The molecule has 3 heteroatoms. The third-order valence-corrected chi connectivity index (χ3v) is 3.16. The molecule has 1 aromatic carbocycles. The molecule has 1 amide bonds. The van der Waals surface area contributed by atoms with E-state index in [1.165, 1.54) is 5.56 Å². The third kappa shape index (κ3) is 5.35. The maximum absolute atomic E-state index is 11.6. The molecule has 0 fully saturated rings. The highest BCUT2D eigenvalue weighted by atomic mass is 79.9. The van der Waals surface area contributed by atoms with E-state index in [9.17, 15) is 4.79 Å². The molecule has 0 N–H and O–H groups in total. The molecule has 17 heavy (non-hydrogen) atoms. The molecule has 2 nitrogen and oxygen atoms in total. The van der Waals surface area contributed by atoms with Gasteiger partial charge < -0.3 is 4.90 Å². The lowest BCUT2D eigenvalue weighted by atomic mass is 10.1. The van der Waals surface area contributed by atoms with Crippen LogP contribution in [0, 0.1) is 0 Å². The normalized spacial score (nSPS) is 12.2. The zero-order valence-corrected chi connectivity index (χ0v) is 12.1. The Bertz CT molecular complexity index is 337. The molecular formula is C14H20BrNO. The van der Waals surface area contributed by atoms with Crippen LogP contribution in [0.2, 0.25) is 0 Å². The first kappa shape index (κ1) is 14.2. The Balaban J connectivity index is 2.18. The van der Waals surface area contributed by atoms with Gasteiger partial charge in [-0.25, -0.2) is 0 Å². The highest BCUT2D eigenvalue weighted by Crippen LogP contribution is 2.07. The molecule has 1 rings (SSSR count). The SMILES string of the molecule is CC(Br)C(=O)N(C)CCCCc1ccccc1. The monoisotopic (exact) mass is 297 g/mol. The predicted octanol–water partition coefficient (Wildman–Crippen LogP) is 3.25. The zero-order valence-electron chi connectivity index (χ0n) is 10.5. The van der Waals surface area contributed by atoms with Gasteiger partial charge in [-0.15, -0.1) is 0 Å². The molecule has 1 aromatic rings. The molecule has 0 spiro atoms. The van der Waals surface area contributed by atoms with Gasteiger partial charge in [0.05, 0.1) is 4.83 Å². The van der Waals surface area contributed by atoms with Crippen LogP contribution in [0.1, 0.15) is 25.3 Å². The van der Waals surface area contributed by atoms with E-state index in [0.29, 0.717) is 0 Å². The second-order valence-electron chi connectivity index (χ2n) is 4.32. The van der Waals surface area contributed by atoms with Gasteiger partial charge in [0.25, 0.3) is 0 Å². The van der Waals surface area contributed by atoms with E-state index >= 15 is 0 Å². The van der Waals surface area contributed by atoms with Crippen molar-refractivity contribution in [1.82, 2.24) is 4.90 Å². The van der Waals surface area contributed by atoms with Gasteiger partial charge in [-0.05, 0) is 31.7 Å². The summed E-state index contributed by atoms with van der Waals surface area (Å²) in [4.78, 5) is 13.3. The Labute approximate surface area is 112 Å². The summed E-state index contributed by atoms with van der Waals surface area (Å²) in [6, 6.07) is 10.5. The van der Waals surface area contributed by atoms with Crippen LogP contribution in [0.3, 0.4) is 0 Å². The fourth-order valence-corrected chi connectivity index (χ4v) is 2.09. The van der Waals surface area contributed by atoms with Crippen LogP contribution >= 0.6 is 15.9 Å². The summed E-state index contributed by atoms with van der Waals surface area (Å²) in [5.74, 6) is 0.157. The zero-order chi connectivity index (χ0) is 12.7. The fourth-order valence-electron chi connectivity index (χ4n) is 1.74. The lowest BCUT2D eigenvalue weighted by Crippen LogP contribution is -2.32. The number of rotatable bonds is 6. The largest absolute Gasteiger partial charge is 0.345 e. The Morgan fingerprint density at radius 1 is 1.29 bits per heavy atom. The maximum Gasteiger partial charge on any atom is 0.235 e. The minimum absolute atomic E-state index is 0.0818. The van der Waals surface area contributed by atoms with Crippen molar-refractivity contribution in [2.45, 2.75) is 31.0 Å². The van der Waals surface area contributed by atoms with Crippen molar-refractivity contribution >= 4 is 21.8 Å².